The number of aliphatic hydroxyl groups excluding tert-OH is 2. The van der Waals surface area contributed by atoms with Crippen LogP contribution in [0.4, 0.5) is 0 Å². The summed E-state index contributed by atoms with van der Waals surface area (Å²) in [5, 5.41) is 18.3. The van der Waals surface area contributed by atoms with Gasteiger partial charge in [-0.15, -0.1) is 0 Å². The number of rotatable bonds is 2. The highest BCUT2D eigenvalue weighted by Gasteiger charge is 2.25. The second kappa shape index (κ2) is 4.63. The van der Waals surface area contributed by atoms with Crippen molar-refractivity contribution in [3.8, 4) is 0 Å². The molecule has 0 amide bonds. The molecule has 0 bridgehead atoms. The Labute approximate surface area is 73.9 Å². The van der Waals surface area contributed by atoms with E-state index in [-0.39, 0.29) is 18.6 Å². The summed E-state index contributed by atoms with van der Waals surface area (Å²) < 4.78 is 0. The summed E-state index contributed by atoms with van der Waals surface area (Å²) in [5.74, 6) is 0. The Morgan fingerprint density at radius 1 is 1.08 bits per heavy atom. The molecule has 12 heavy (non-hydrogen) atoms. The molecular formula is C10H18O2. The van der Waals surface area contributed by atoms with Gasteiger partial charge >= 0.3 is 0 Å². The van der Waals surface area contributed by atoms with Crippen LogP contribution in [0.5, 0.6) is 0 Å². The van der Waals surface area contributed by atoms with Gasteiger partial charge in [-0.05, 0) is 19.3 Å². The van der Waals surface area contributed by atoms with Gasteiger partial charge in [-0.2, -0.15) is 0 Å². The van der Waals surface area contributed by atoms with Crippen LogP contribution in [0, 0.1) is 5.41 Å². The summed E-state index contributed by atoms with van der Waals surface area (Å²) in [7, 11) is 0. The molecule has 1 aliphatic rings. The van der Waals surface area contributed by atoms with E-state index in [9.17, 15) is 0 Å². The molecule has 0 unspecified atom stereocenters. The predicted molar refractivity (Wildman–Crippen MR) is 48.8 cm³/mol. The first-order chi connectivity index (χ1) is 5.83. The Hall–Kier alpha value is -0.340. The van der Waals surface area contributed by atoms with Gasteiger partial charge in [0.2, 0.25) is 0 Å². The van der Waals surface area contributed by atoms with Gasteiger partial charge in [0.25, 0.3) is 0 Å². The molecule has 0 spiro atoms. The van der Waals surface area contributed by atoms with Crippen molar-refractivity contribution in [3.63, 3.8) is 0 Å². The number of aliphatic hydroxyl groups is 2. The van der Waals surface area contributed by atoms with E-state index < -0.39 is 0 Å². The molecule has 0 aliphatic heterocycles. The Morgan fingerprint density at radius 2 is 1.83 bits per heavy atom. The van der Waals surface area contributed by atoms with Gasteiger partial charge in [-0.3, -0.25) is 0 Å². The maximum absolute atomic E-state index is 9.15. The molecule has 0 atom stereocenters. The minimum Gasteiger partial charge on any atom is -0.395 e. The van der Waals surface area contributed by atoms with E-state index in [0.29, 0.717) is 0 Å². The molecule has 0 fully saturated rings. The molecule has 0 aromatic heterocycles. The van der Waals surface area contributed by atoms with Crippen LogP contribution in [0.2, 0.25) is 0 Å². The van der Waals surface area contributed by atoms with Crippen LogP contribution in [0.3, 0.4) is 0 Å². The molecule has 2 heteroatoms. The highest BCUT2D eigenvalue weighted by atomic mass is 16.3. The molecule has 1 aliphatic carbocycles. The third kappa shape index (κ3) is 2.32. The van der Waals surface area contributed by atoms with Crippen LogP contribution >= 0.6 is 0 Å². The Balaban J connectivity index is 2.62. The van der Waals surface area contributed by atoms with Crippen LogP contribution < -0.4 is 0 Å². The lowest BCUT2D eigenvalue weighted by molar-refractivity contribution is 0.0829. The fourth-order valence-corrected chi connectivity index (χ4v) is 1.65. The second-order valence-electron chi connectivity index (χ2n) is 3.68. The van der Waals surface area contributed by atoms with E-state index in [1.165, 1.54) is 12.8 Å². The van der Waals surface area contributed by atoms with Gasteiger partial charge in [-0.25, -0.2) is 0 Å². The molecule has 0 saturated carbocycles. The first-order valence-electron chi connectivity index (χ1n) is 4.72. The highest BCUT2D eigenvalue weighted by Crippen LogP contribution is 2.28. The highest BCUT2D eigenvalue weighted by molar-refractivity contribution is 5.00. The molecule has 0 saturated heterocycles. The van der Waals surface area contributed by atoms with Crippen LogP contribution in [0.25, 0.3) is 0 Å². The molecule has 0 radical (unpaired) electrons. The van der Waals surface area contributed by atoms with E-state index in [1.54, 1.807) is 0 Å². The molecule has 70 valence electrons. The largest absolute Gasteiger partial charge is 0.395 e. The topological polar surface area (TPSA) is 40.5 Å². The molecule has 0 aromatic rings. The van der Waals surface area contributed by atoms with Crippen molar-refractivity contribution < 1.29 is 10.2 Å². The SMILES string of the molecule is OCC1(CO)/C=C\CCCCC1. The van der Waals surface area contributed by atoms with Crippen LogP contribution in [-0.2, 0) is 0 Å². The third-order valence-corrected chi connectivity index (χ3v) is 2.65. The van der Waals surface area contributed by atoms with Gasteiger partial charge in [0.15, 0.2) is 0 Å². The first kappa shape index (κ1) is 9.75. The molecule has 2 N–H and O–H groups in total. The van der Waals surface area contributed by atoms with E-state index >= 15 is 0 Å². The lowest BCUT2D eigenvalue weighted by Crippen LogP contribution is -2.27. The quantitative estimate of drug-likeness (QED) is 0.616. The van der Waals surface area contributed by atoms with Gasteiger partial charge in [-0.1, -0.05) is 25.0 Å². The standard InChI is InChI=1S/C10H18O2/c11-8-10(9-12)6-4-2-1-3-5-7-10/h4,6,11-12H,1-3,5,7-9H2/b6-4-. The summed E-state index contributed by atoms with van der Waals surface area (Å²) in [6.45, 7) is 0.139. The molecule has 1 rings (SSSR count). The average molecular weight is 170 g/mol. The van der Waals surface area contributed by atoms with Crippen LogP contribution in [0.15, 0.2) is 12.2 Å². The first-order valence-corrected chi connectivity index (χ1v) is 4.72. The van der Waals surface area contributed by atoms with Crippen molar-refractivity contribution in [1.29, 1.82) is 0 Å². The van der Waals surface area contributed by atoms with Crippen molar-refractivity contribution >= 4 is 0 Å². The van der Waals surface area contributed by atoms with Crippen LogP contribution in [-0.4, -0.2) is 23.4 Å². The Kier molecular flexibility index (Phi) is 3.76. The lowest BCUT2D eigenvalue weighted by atomic mass is 9.82. The van der Waals surface area contributed by atoms with E-state index in [2.05, 4.69) is 6.08 Å². The van der Waals surface area contributed by atoms with E-state index in [1.807, 2.05) is 6.08 Å². The number of hydrogen-bond donors (Lipinski definition) is 2. The summed E-state index contributed by atoms with van der Waals surface area (Å²) in [6.07, 6.45) is 9.65. The average Bonchev–Trinajstić information content (AvgIpc) is 2.06. The van der Waals surface area contributed by atoms with Crippen molar-refractivity contribution in [2.75, 3.05) is 13.2 Å². The van der Waals surface area contributed by atoms with E-state index in [0.717, 1.165) is 19.3 Å². The van der Waals surface area contributed by atoms with Crippen molar-refractivity contribution in [1.82, 2.24) is 0 Å². The van der Waals surface area contributed by atoms with E-state index in [4.69, 9.17) is 10.2 Å². The second-order valence-corrected chi connectivity index (χ2v) is 3.68. The lowest BCUT2D eigenvalue weighted by Gasteiger charge is -2.27. The smallest absolute Gasteiger partial charge is 0.0544 e. The summed E-state index contributed by atoms with van der Waals surface area (Å²) in [4.78, 5) is 0. The fourth-order valence-electron chi connectivity index (χ4n) is 1.65. The summed E-state index contributed by atoms with van der Waals surface area (Å²) >= 11 is 0. The third-order valence-electron chi connectivity index (χ3n) is 2.65. The number of allylic oxidation sites excluding steroid dienone is 1. The van der Waals surface area contributed by atoms with Crippen molar-refractivity contribution in [2.24, 2.45) is 5.41 Å². The summed E-state index contributed by atoms with van der Waals surface area (Å²) in [5.41, 5.74) is -0.333. The van der Waals surface area contributed by atoms with Gasteiger partial charge in [0.05, 0.1) is 13.2 Å². The van der Waals surface area contributed by atoms with Crippen LogP contribution in [0.1, 0.15) is 32.1 Å². The number of hydrogen-bond acceptors (Lipinski definition) is 2. The maximum atomic E-state index is 9.15. The van der Waals surface area contributed by atoms with Gasteiger partial charge < -0.3 is 10.2 Å². The molecular weight excluding hydrogens is 152 g/mol. The molecule has 0 aromatic carbocycles. The van der Waals surface area contributed by atoms with Gasteiger partial charge in [0.1, 0.15) is 0 Å². The molecule has 0 heterocycles. The zero-order chi connectivity index (χ0) is 8.86. The normalized spacial score (nSPS) is 25.8. The minimum atomic E-state index is -0.333. The van der Waals surface area contributed by atoms with Crippen molar-refractivity contribution in [2.45, 2.75) is 32.1 Å². The Morgan fingerprint density at radius 3 is 2.50 bits per heavy atom. The van der Waals surface area contributed by atoms with Gasteiger partial charge in [0, 0.05) is 5.41 Å². The zero-order valence-electron chi connectivity index (χ0n) is 7.50. The zero-order valence-corrected chi connectivity index (χ0v) is 7.50. The Bertz CT molecular complexity index is 148. The predicted octanol–water partition coefficient (Wildman–Crippen LogP) is 1.48. The minimum absolute atomic E-state index is 0.0694. The monoisotopic (exact) mass is 170 g/mol. The molecule has 2 nitrogen and oxygen atoms in total. The maximum Gasteiger partial charge on any atom is 0.0544 e. The van der Waals surface area contributed by atoms with Crippen molar-refractivity contribution in [3.05, 3.63) is 12.2 Å². The fraction of sp³-hybridized carbons (Fsp3) is 0.800. The summed E-state index contributed by atoms with van der Waals surface area (Å²) in [6, 6.07) is 0.